The zero-order chi connectivity index (χ0) is 19.8. The smallest absolute Gasteiger partial charge is 0.407 e. The molecular weight excluding hydrogens is 348 g/mol. The zero-order valence-electron chi connectivity index (χ0n) is 16.2. The maximum absolute atomic E-state index is 12.3. The Balaban J connectivity index is 1.79. The number of benzene rings is 1. The van der Waals surface area contributed by atoms with Crippen LogP contribution in [0.1, 0.15) is 66.7 Å². The van der Waals surface area contributed by atoms with Crippen LogP contribution in [0.15, 0.2) is 12.1 Å². The van der Waals surface area contributed by atoms with Crippen LogP contribution in [0.3, 0.4) is 0 Å². The molecule has 3 rings (SSSR count). The summed E-state index contributed by atoms with van der Waals surface area (Å²) in [7, 11) is 0. The molecule has 7 nitrogen and oxygen atoms in total. The van der Waals surface area contributed by atoms with E-state index in [1.165, 1.54) is 0 Å². The second kappa shape index (κ2) is 7.21. The van der Waals surface area contributed by atoms with Gasteiger partial charge < -0.3 is 20.1 Å². The van der Waals surface area contributed by atoms with Crippen LogP contribution in [-0.2, 0) is 20.9 Å². The summed E-state index contributed by atoms with van der Waals surface area (Å²) in [6.45, 7) is 7.71. The van der Waals surface area contributed by atoms with E-state index in [-0.39, 0.29) is 30.9 Å². The summed E-state index contributed by atoms with van der Waals surface area (Å²) in [6.07, 6.45) is 1.25. The van der Waals surface area contributed by atoms with Crippen molar-refractivity contribution in [2.45, 2.75) is 58.8 Å². The molecule has 7 heteroatoms. The normalized spacial score (nSPS) is 17.0. The molecule has 2 amide bonds. The minimum Gasteiger partial charge on any atom is -0.457 e. The number of esters is 1. The van der Waals surface area contributed by atoms with Crippen molar-refractivity contribution in [3.8, 4) is 0 Å². The van der Waals surface area contributed by atoms with Gasteiger partial charge in [0.2, 0.25) is 5.91 Å². The predicted molar refractivity (Wildman–Crippen MR) is 98.1 cm³/mol. The molecule has 1 aromatic carbocycles. The number of fused-ring (bicyclic) bond motifs is 1. The Kier molecular flexibility index (Phi) is 5.13. The third-order valence-corrected chi connectivity index (χ3v) is 4.70. The van der Waals surface area contributed by atoms with Gasteiger partial charge in [-0.1, -0.05) is 6.07 Å². The van der Waals surface area contributed by atoms with Gasteiger partial charge in [-0.25, -0.2) is 9.59 Å². The molecule has 1 fully saturated rings. The summed E-state index contributed by atoms with van der Waals surface area (Å²) < 4.78 is 10.4. The molecular formula is C20H26N2O5. The lowest BCUT2D eigenvalue weighted by molar-refractivity contribution is -0.123. The number of ether oxygens (including phenoxy) is 2. The van der Waals surface area contributed by atoms with Crippen molar-refractivity contribution in [3.63, 3.8) is 0 Å². The number of carbonyl (C=O) groups is 3. The van der Waals surface area contributed by atoms with Gasteiger partial charge in [-0.15, -0.1) is 0 Å². The standard InChI is InChI=1S/C20H26N2O5/c1-11-13(7-8-14-15(11)10-26-18(14)24)16(22-17(23)12-5-6-12)9-21-19(25)27-20(2,3)4/h7-8,12,16H,5-6,9-10H2,1-4H3,(H,21,25)(H,22,23)/t16-/m0/s1. The lowest BCUT2D eigenvalue weighted by Gasteiger charge is -2.24. The number of rotatable bonds is 5. The fourth-order valence-corrected chi connectivity index (χ4v) is 3.12. The fraction of sp³-hybridized carbons (Fsp3) is 0.550. The molecule has 2 N–H and O–H groups in total. The second-order valence-electron chi connectivity index (χ2n) is 8.10. The third kappa shape index (κ3) is 4.59. The number of hydrogen-bond acceptors (Lipinski definition) is 5. The molecule has 0 unspecified atom stereocenters. The monoisotopic (exact) mass is 374 g/mol. The van der Waals surface area contributed by atoms with Gasteiger partial charge in [0.15, 0.2) is 0 Å². The molecule has 1 atom stereocenters. The van der Waals surface area contributed by atoms with Gasteiger partial charge in [0.1, 0.15) is 12.2 Å². The number of hydrogen-bond donors (Lipinski definition) is 2. The molecule has 0 spiro atoms. The van der Waals surface area contributed by atoms with E-state index in [1.54, 1.807) is 26.8 Å². The second-order valence-corrected chi connectivity index (χ2v) is 8.10. The highest BCUT2D eigenvalue weighted by Gasteiger charge is 2.33. The summed E-state index contributed by atoms with van der Waals surface area (Å²) in [5.41, 5.74) is 2.55. The average Bonchev–Trinajstić information content (AvgIpc) is 3.35. The van der Waals surface area contributed by atoms with Gasteiger partial charge in [-0.3, -0.25) is 4.79 Å². The van der Waals surface area contributed by atoms with Crippen molar-refractivity contribution < 1.29 is 23.9 Å². The predicted octanol–water partition coefficient (Wildman–Crippen LogP) is 2.76. The summed E-state index contributed by atoms with van der Waals surface area (Å²) in [6, 6.07) is 3.12. The molecule has 27 heavy (non-hydrogen) atoms. The summed E-state index contributed by atoms with van der Waals surface area (Å²) in [5, 5.41) is 5.75. The van der Waals surface area contributed by atoms with Crippen LogP contribution < -0.4 is 10.6 Å². The molecule has 1 aromatic rings. The van der Waals surface area contributed by atoms with E-state index in [0.29, 0.717) is 5.56 Å². The molecule has 1 aliphatic carbocycles. The Hall–Kier alpha value is -2.57. The quantitative estimate of drug-likeness (QED) is 0.773. The largest absolute Gasteiger partial charge is 0.457 e. The highest BCUT2D eigenvalue weighted by atomic mass is 16.6. The molecule has 1 saturated carbocycles. The lowest BCUT2D eigenvalue weighted by Crippen LogP contribution is -2.40. The minimum absolute atomic E-state index is 0.0155. The topological polar surface area (TPSA) is 93.7 Å². The van der Waals surface area contributed by atoms with Gasteiger partial charge in [-0.05, 0) is 57.7 Å². The van der Waals surface area contributed by atoms with Gasteiger partial charge >= 0.3 is 12.1 Å². The molecule has 2 aliphatic rings. The zero-order valence-corrected chi connectivity index (χ0v) is 16.2. The number of amides is 2. The van der Waals surface area contributed by atoms with E-state index in [1.807, 2.05) is 13.0 Å². The molecule has 0 aromatic heterocycles. The van der Waals surface area contributed by atoms with Crippen molar-refractivity contribution in [2.75, 3.05) is 6.54 Å². The van der Waals surface area contributed by atoms with Gasteiger partial charge in [0.25, 0.3) is 0 Å². The van der Waals surface area contributed by atoms with E-state index in [9.17, 15) is 14.4 Å². The Bertz CT molecular complexity index is 777. The van der Waals surface area contributed by atoms with E-state index < -0.39 is 17.7 Å². The van der Waals surface area contributed by atoms with Gasteiger partial charge in [-0.2, -0.15) is 0 Å². The number of nitrogens with one attached hydrogen (secondary N) is 2. The van der Waals surface area contributed by atoms with Crippen molar-refractivity contribution in [1.82, 2.24) is 10.6 Å². The van der Waals surface area contributed by atoms with Gasteiger partial charge in [0, 0.05) is 18.0 Å². The summed E-state index contributed by atoms with van der Waals surface area (Å²) in [4.78, 5) is 36.1. The molecule has 0 saturated heterocycles. The van der Waals surface area contributed by atoms with Crippen molar-refractivity contribution >= 4 is 18.0 Å². The van der Waals surface area contributed by atoms with Gasteiger partial charge in [0.05, 0.1) is 11.6 Å². The van der Waals surface area contributed by atoms with Crippen molar-refractivity contribution in [2.24, 2.45) is 5.92 Å². The lowest BCUT2D eigenvalue weighted by atomic mass is 9.94. The maximum Gasteiger partial charge on any atom is 0.407 e. The Morgan fingerprint density at radius 1 is 1.30 bits per heavy atom. The van der Waals surface area contributed by atoms with Crippen LogP contribution in [0.25, 0.3) is 0 Å². The Morgan fingerprint density at radius 3 is 2.63 bits per heavy atom. The first-order valence-electron chi connectivity index (χ1n) is 9.22. The van der Waals surface area contributed by atoms with Crippen molar-refractivity contribution in [3.05, 3.63) is 34.4 Å². The number of alkyl carbamates (subject to hydrolysis) is 1. The highest BCUT2D eigenvalue weighted by molar-refractivity contribution is 5.94. The van der Waals surface area contributed by atoms with Crippen LogP contribution in [0.2, 0.25) is 0 Å². The van der Waals surface area contributed by atoms with E-state index >= 15 is 0 Å². The van der Waals surface area contributed by atoms with E-state index in [4.69, 9.17) is 9.47 Å². The van der Waals surface area contributed by atoms with E-state index in [2.05, 4.69) is 10.6 Å². The number of cyclic esters (lactones) is 1. The molecule has 0 bridgehead atoms. The molecule has 0 radical (unpaired) electrons. The van der Waals surface area contributed by atoms with Crippen LogP contribution in [-0.4, -0.2) is 30.1 Å². The van der Waals surface area contributed by atoms with E-state index in [0.717, 1.165) is 29.5 Å². The Labute approximate surface area is 158 Å². The highest BCUT2D eigenvalue weighted by Crippen LogP contribution is 2.32. The SMILES string of the molecule is Cc1c([C@H](CNC(=O)OC(C)(C)C)NC(=O)C2CC2)ccc2c1COC2=O. The Morgan fingerprint density at radius 2 is 2.00 bits per heavy atom. The van der Waals surface area contributed by atoms with Crippen LogP contribution >= 0.6 is 0 Å². The van der Waals surface area contributed by atoms with Crippen LogP contribution in [0, 0.1) is 12.8 Å². The molecule has 1 heterocycles. The number of carbonyl (C=O) groups excluding carboxylic acids is 3. The average molecular weight is 374 g/mol. The minimum atomic E-state index is -0.599. The first-order chi connectivity index (χ1) is 12.7. The summed E-state index contributed by atoms with van der Waals surface area (Å²) >= 11 is 0. The first-order valence-corrected chi connectivity index (χ1v) is 9.22. The van der Waals surface area contributed by atoms with Crippen molar-refractivity contribution in [1.29, 1.82) is 0 Å². The fourth-order valence-electron chi connectivity index (χ4n) is 3.12. The maximum atomic E-state index is 12.3. The first kappa shape index (κ1) is 19.2. The third-order valence-electron chi connectivity index (χ3n) is 4.70. The van der Waals surface area contributed by atoms with Crippen LogP contribution in [0.4, 0.5) is 4.79 Å². The molecule has 1 aliphatic heterocycles. The molecule has 146 valence electrons. The van der Waals surface area contributed by atoms with Crippen LogP contribution in [0.5, 0.6) is 0 Å². The summed E-state index contributed by atoms with van der Waals surface area (Å²) in [5.74, 6) is -0.294.